The predicted molar refractivity (Wildman–Crippen MR) is 67.0 cm³/mol. The lowest BCUT2D eigenvalue weighted by Crippen LogP contribution is -2.47. The van der Waals surface area contributed by atoms with Crippen molar-refractivity contribution in [3.8, 4) is 0 Å². The van der Waals surface area contributed by atoms with E-state index in [1.165, 1.54) is 0 Å². The highest BCUT2D eigenvalue weighted by molar-refractivity contribution is 6.30. The fourth-order valence-electron chi connectivity index (χ4n) is 1.76. The summed E-state index contributed by atoms with van der Waals surface area (Å²) < 4.78 is 5.24. The highest BCUT2D eigenvalue weighted by Gasteiger charge is 2.44. The highest BCUT2D eigenvalue weighted by atomic mass is 35.5. The Bertz CT molecular complexity index is 438. The van der Waals surface area contributed by atoms with E-state index in [1.807, 2.05) is 6.92 Å². The Morgan fingerprint density at radius 3 is 3.00 bits per heavy atom. The molecule has 0 bridgehead atoms. The second kappa shape index (κ2) is 4.64. The van der Waals surface area contributed by atoms with Gasteiger partial charge in [-0.3, -0.25) is 4.79 Å². The number of hydrogen-bond acceptors (Lipinski definition) is 3. The Kier molecular flexibility index (Phi) is 3.38. The molecule has 92 valence electrons. The molecule has 0 aliphatic carbocycles. The van der Waals surface area contributed by atoms with Gasteiger partial charge in [0.15, 0.2) is 0 Å². The topological polar surface area (TPSA) is 64.3 Å². The van der Waals surface area contributed by atoms with Gasteiger partial charge in [-0.2, -0.15) is 0 Å². The fraction of sp³-hybridized carbons (Fsp3) is 0.417. The van der Waals surface area contributed by atoms with E-state index in [0.717, 1.165) is 0 Å². The number of amides is 1. The molecule has 1 fully saturated rings. The van der Waals surface area contributed by atoms with Gasteiger partial charge in [0, 0.05) is 16.8 Å². The van der Waals surface area contributed by atoms with E-state index in [0.29, 0.717) is 23.9 Å². The molecule has 0 spiro atoms. The number of hydrogen-bond donors (Lipinski definition) is 2. The van der Waals surface area contributed by atoms with Gasteiger partial charge in [-0.25, -0.2) is 0 Å². The van der Waals surface area contributed by atoms with Crippen molar-refractivity contribution in [1.29, 1.82) is 0 Å². The number of nitrogens with one attached hydrogen (secondary N) is 1. The number of carbonyl (C=O) groups excluding carboxylic acids is 1. The molecular weight excluding hydrogens is 240 g/mol. The third-order valence-corrected chi connectivity index (χ3v) is 3.35. The standard InChI is InChI=1S/C12H15ClN2O2/c1-12(7-17-6-10(12)14)11(16)15-9-4-2-3-8(13)5-9/h2-5,10H,6-7,14H2,1H3,(H,15,16). The Balaban J connectivity index is 2.12. The molecular formula is C12H15ClN2O2. The first-order valence-corrected chi connectivity index (χ1v) is 5.80. The van der Waals surface area contributed by atoms with Crippen molar-refractivity contribution >= 4 is 23.2 Å². The van der Waals surface area contributed by atoms with Gasteiger partial charge in [0.05, 0.1) is 18.6 Å². The Labute approximate surface area is 105 Å². The summed E-state index contributed by atoms with van der Waals surface area (Å²) in [6.07, 6.45) is 0. The number of ether oxygens (including phenoxy) is 1. The van der Waals surface area contributed by atoms with Crippen LogP contribution in [0.4, 0.5) is 5.69 Å². The smallest absolute Gasteiger partial charge is 0.234 e. The van der Waals surface area contributed by atoms with Crippen molar-refractivity contribution in [2.75, 3.05) is 18.5 Å². The first-order chi connectivity index (χ1) is 8.02. The van der Waals surface area contributed by atoms with E-state index in [9.17, 15) is 4.79 Å². The molecule has 2 rings (SSSR count). The molecule has 1 amide bonds. The molecule has 0 aromatic heterocycles. The number of halogens is 1. The molecule has 0 saturated carbocycles. The number of carbonyl (C=O) groups is 1. The van der Waals surface area contributed by atoms with E-state index >= 15 is 0 Å². The lowest BCUT2D eigenvalue weighted by molar-refractivity contribution is -0.125. The largest absolute Gasteiger partial charge is 0.379 e. The molecule has 17 heavy (non-hydrogen) atoms. The molecule has 1 aromatic rings. The summed E-state index contributed by atoms with van der Waals surface area (Å²) in [6.45, 7) is 2.57. The summed E-state index contributed by atoms with van der Waals surface area (Å²) in [4.78, 5) is 12.1. The second-order valence-electron chi connectivity index (χ2n) is 4.50. The molecule has 2 atom stereocenters. The lowest BCUT2D eigenvalue weighted by Gasteiger charge is -2.25. The van der Waals surface area contributed by atoms with Gasteiger partial charge >= 0.3 is 0 Å². The molecule has 5 heteroatoms. The van der Waals surface area contributed by atoms with Crippen LogP contribution in [0, 0.1) is 5.41 Å². The quantitative estimate of drug-likeness (QED) is 0.843. The van der Waals surface area contributed by atoms with Crippen LogP contribution in [0.5, 0.6) is 0 Å². The minimum absolute atomic E-state index is 0.134. The second-order valence-corrected chi connectivity index (χ2v) is 4.94. The number of anilines is 1. The highest BCUT2D eigenvalue weighted by Crippen LogP contribution is 2.29. The number of rotatable bonds is 2. The average molecular weight is 255 g/mol. The van der Waals surface area contributed by atoms with Gasteiger partial charge in [0.1, 0.15) is 0 Å². The minimum Gasteiger partial charge on any atom is -0.379 e. The third-order valence-electron chi connectivity index (χ3n) is 3.12. The van der Waals surface area contributed by atoms with Gasteiger partial charge in [-0.15, -0.1) is 0 Å². The zero-order valence-corrected chi connectivity index (χ0v) is 10.3. The van der Waals surface area contributed by atoms with Crippen molar-refractivity contribution in [3.63, 3.8) is 0 Å². The average Bonchev–Trinajstić information content (AvgIpc) is 2.60. The predicted octanol–water partition coefficient (Wildman–Crippen LogP) is 1.64. The van der Waals surface area contributed by atoms with Crippen molar-refractivity contribution in [1.82, 2.24) is 0 Å². The third kappa shape index (κ3) is 2.44. The van der Waals surface area contributed by atoms with E-state index in [4.69, 9.17) is 22.1 Å². The van der Waals surface area contributed by atoms with E-state index in [-0.39, 0.29) is 11.9 Å². The molecule has 1 aliphatic rings. The summed E-state index contributed by atoms with van der Waals surface area (Å²) in [6, 6.07) is 6.74. The maximum Gasteiger partial charge on any atom is 0.234 e. The Hall–Kier alpha value is -1.10. The summed E-state index contributed by atoms with van der Waals surface area (Å²) in [5.41, 5.74) is 5.88. The molecule has 1 aliphatic heterocycles. The van der Waals surface area contributed by atoms with Crippen molar-refractivity contribution in [3.05, 3.63) is 29.3 Å². The van der Waals surface area contributed by atoms with E-state index in [1.54, 1.807) is 24.3 Å². The first kappa shape index (κ1) is 12.4. The van der Waals surface area contributed by atoms with Crippen LogP contribution in [0.2, 0.25) is 5.02 Å². The SMILES string of the molecule is CC1(C(=O)Nc2cccc(Cl)c2)COCC1N. The molecule has 1 heterocycles. The monoisotopic (exact) mass is 254 g/mol. The van der Waals surface area contributed by atoms with Crippen molar-refractivity contribution in [2.24, 2.45) is 11.1 Å². The van der Waals surface area contributed by atoms with Crippen LogP contribution in [0.15, 0.2) is 24.3 Å². The van der Waals surface area contributed by atoms with Crippen LogP contribution in [-0.2, 0) is 9.53 Å². The van der Waals surface area contributed by atoms with Gasteiger partial charge in [0.25, 0.3) is 0 Å². The van der Waals surface area contributed by atoms with Crippen molar-refractivity contribution < 1.29 is 9.53 Å². The molecule has 3 N–H and O–H groups in total. The Morgan fingerprint density at radius 1 is 1.65 bits per heavy atom. The molecule has 1 aromatic carbocycles. The lowest BCUT2D eigenvalue weighted by atomic mass is 9.85. The van der Waals surface area contributed by atoms with Crippen LogP contribution in [0.1, 0.15) is 6.92 Å². The van der Waals surface area contributed by atoms with Crippen LogP contribution in [-0.4, -0.2) is 25.2 Å². The number of nitrogens with two attached hydrogens (primary N) is 1. The van der Waals surface area contributed by atoms with Gasteiger partial charge in [-0.1, -0.05) is 17.7 Å². The van der Waals surface area contributed by atoms with Crippen molar-refractivity contribution in [2.45, 2.75) is 13.0 Å². The molecule has 2 unspecified atom stereocenters. The van der Waals surface area contributed by atoms with Crippen LogP contribution in [0.3, 0.4) is 0 Å². The van der Waals surface area contributed by atoms with E-state index in [2.05, 4.69) is 5.32 Å². The van der Waals surface area contributed by atoms with Crippen LogP contribution < -0.4 is 11.1 Å². The zero-order valence-electron chi connectivity index (χ0n) is 9.57. The first-order valence-electron chi connectivity index (χ1n) is 5.43. The Morgan fingerprint density at radius 2 is 2.41 bits per heavy atom. The maximum absolute atomic E-state index is 12.1. The van der Waals surface area contributed by atoms with E-state index < -0.39 is 5.41 Å². The molecule has 1 saturated heterocycles. The van der Waals surface area contributed by atoms with Gasteiger partial charge < -0.3 is 15.8 Å². The summed E-state index contributed by atoms with van der Waals surface area (Å²) in [7, 11) is 0. The zero-order chi connectivity index (χ0) is 12.5. The summed E-state index contributed by atoms with van der Waals surface area (Å²) in [5.74, 6) is -0.134. The van der Waals surface area contributed by atoms with Gasteiger partial charge in [-0.05, 0) is 25.1 Å². The molecule has 0 radical (unpaired) electrons. The minimum atomic E-state index is -0.678. The number of benzene rings is 1. The van der Waals surface area contributed by atoms with Crippen LogP contribution >= 0.6 is 11.6 Å². The fourth-order valence-corrected chi connectivity index (χ4v) is 1.95. The summed E-state index contributed by atoms with van der Waals surface area (Å²) >= 11 is 5.85. The van der Waals surface area contributed by atoms with Gasteiger partial charge in [0.2, 0.25) is 5.91 Å². The maximum atomic E-state index is 12.1. The molecule has 4 nitrogen and oxygen atoms in total. The normalized spacial score (nSPS) is 28.1. The summed E-state index contributed by atoms with van der Waals surface area (Å²) in [5, 5.41) is 3.40. The van der Waals surface area contributed by atoms with Crippen LogP contribution in [0.25, 0.3) is 0 Å².